The number of carbonyl (C=O) groups is 1. The fraction of sp³-hybridized carbons (Fsp3) is 0.250. The maximum absolute atomic E-state index is 12.4. The highest BCUT2D eigenvalue weighted by Gasteiger charge is 2.11. The van der Waals surface area contributed by atoms with Gasteiger partial charge in [-0.15, -0.1) is 0 Å². The summed E-state index contributed by atoms with van der Waals surface area (Å²) in [4.78, 5) is 29.0. The molecule has 0 bridgehead atoms. The van der Waals surface area contributed by atoms with E-state index in [2.05, 4.69) is 20.9 Å². The summed E-state index contributed by atoms with van der Waals surface area (Å²) in [6, 6.07) is 12.7. The quantitative estimate of drug-likeness (QED) is 0.560. The molecule has 0 spiro atoms. The third-order valence-electron chi connectivity index (χ3n) is 4.24. The van der Waals surface area contributed by atoms with Crippen molar-refractivity contribution in [3.8, 4) is 5.75 Å². The monoisotopic (exact) mass is 430 g/mol. The summed E-state index contributed by atoms with van der Waals surface area (Å²) in [6.45, 7) is 0.172. The molecule has 0 aliphatic rings. The minimum atomic E-state index is -0.343. The molecule has 0 aliphatic carbocycles. The third kappa shape index (κ3) is 4.36. The molecule has 2 aromatic carbocycles. The number of rotatable bonds is 6. The van der Waals surface area contributed by atoms with Crippen LogP contribution in [0.1, 0.15) is 17.8 Å². The molecule has 0 aliphatic heterocycles. The maximum Gasteiger partial charge on any atom is 0.306 e. The summed E-state index contributed by atoms with van der Waals surface area (Å²) < 4.78 is 12.8. The van der Waals surface area contributed by atoms with Crippen molar-refractivity contribution in [3.05, 3.63) is 68.7 Å². The Morgan fingerprint density at radius 3 is 2.74 bits per heavy atom. The van der Waals surface area contributed by atoms with Crippen molar-refractivity contribution in [2.24, 2.45) is 7.05 Å². The Labute approximate surface area is 164 Å². The number of nitrogens with zero attached hydrogens (tertiary/aromatic N) is 2. The van der Waals surface area contributed by atoms with Crippen LogP contribution in [0.3, 0.4) is 0 Å². The first-order valence-electron chi connectivity index (χ1n) is 8.42. The molecule has 3 rings (SSSR count). The second-order valence-corrected chi connectivity index (χ2v) is 6.89. The molecule has 0 atom stereocenters. The normalized spacial score (nSPS) is 10.8. The summed E-state index contributed by atoms with van der Waals surface area (Å²) >= 11 is 3.40. The summed E-state index contributed by atoms with van der Waals surface area (Å²) in [7, 11) is 3.26. The van der Waals surface area contributed by atoms with Crippen molar-refractivity contribution in [1.82, 2.24) is 9.55 Å². The predicted molar refractivity (Wildman–Crippen MR) is 106 cm³/mol. The second kappa shape index (κ2) is 8.35. The van der Waals surface area contributed by atoms with Gasteiger partial charge < -0.3 is 9.47 Å². The summed E-state index contributed by atoms with van der Waals surface area (Å²) in [5, 5.41) is 0.566. The van der Waals surface area contributed by atoms with E-state index in [1.807, 2.05) is 24.3 Å². The number of para-hydroxylation sites is 1. The molecule has 3 aromatic rings. The minimum absolute atomic E-state index is 0.118. The standard InChI is InChI=1S/C20H19BrN2O4/c1-23-18(22-16-6-4-3-5-14(16)20(23)25)9-10-19(24)27-12-13-7-8-17(26-2)15(21)11-13/h3-8,11H,9-10,12H2,1-2H3. The van der Waals surface area contributed by atoms with Crippen LogP contribution in [-0.4, -0.2) is 22.6 Å². The van der Waals surface area contributed by atoms with Crippen LogP contribution >= 0.6 is 15.9 Å². The molecule has 0 unspecified atom stereocenters. The average Bonchev–Trinajstić information content (AvgIpc) is 2.68. The molecular formula is C20H19BrN2O4. The van der Waals surface area contributed by atoms with Gasteiger partial charge in [-0.05, 0) is 45.8 Å². The van der Waals surface area contributed by atoms with Gasteiger partial charge in [0.05, 0.1) is 28.9 Å². The van der Waals surface area contributed by atoms with Gasteiger partial charge in [-0.3, -0.25) is 14.2 Å². The van der Waals surface area contributed by atoms with E-state index in [9.17, 15) is 9.59 Å². The number of hydrogen-bond acceptors (Lipinski definition) is 5. The molecule has 7 heteroatoms. The summed E-state index contributed by atoms with van der Waals surface area (Å²) in [5.41, 5.74) is 1.37. The molecule has 0 N–H and O–H groups in total. The number of aromatic nitrogens is 2. The van der Waals surface area contributed by atoms with Crippen LogP contribution in [0.5, 0.6) is 5.75 Å². The summed E-state index contributed by atoms with van der Waals surface area (Å²) in [5.74, 6) is 0.931. The van der Waals surface area contributed by atoms with Crippen LogP contribution in [0.15, 0.2) is 51.7 Å². The van der Waals surface area contributed by atoms with Gasteiger partial charge in [0.15, 0.2) is 0 Å². The SMILES string of the molecule is COc1ccc(COC(=O)CCc2nc3ccccc3c(=O)n2C)cc1Br. The zero-order chi connectivity index (χ0) is 19.4. The Morgan fingerprint density at radius 2 is 2.00 bits per heavy atom. The zero-order valence-electron chi connectivity index (χ0n) is 15.1. The number of benzene rings is 2. The number of aryl methyl sites for hydroxylation is 1. The molecule has 6 nitrogen and oxygen atoms in total. The molecule has 1 aromatic heterocycles. The highest BCUT2D eigenvalue weighted by molar-refractivity contribution is 9.10. The van der Waals surface area contributed by atoms with Crippen LogP contribution in [0.4, 0.5) is 0 Å². The lowest BCUT2D eigenvalue weighted by Crippen LogP contribution is -2.23. The van der Waals surface area contributed by atoms with Crippen LogP contribution in [-0.2, 0) is 29.6 Å². The zero-order valence-corrected chi connectivity index (χ0v) is 16.7. The van der Waals surface area contributed by atoms with Crippen molar-refractivity contribution < 1.29 is 14.3 Å². The molecule has 0 radical (unpaired) electrons. The highest BCUT2D eigenvalue weighted by Crippen LogP contribution is 2.25. The molecule has 0 saturated carbocycles. The van der Waals surface area contributed by atoms with E-state index in [0.29, 0.717) is 28.9 Å². The number of ether oxygens (including phenoxy) is 2. The maximum atomic E-state index is 12.4. The van der Waals surface area contributed by atoms with Gasteiger partial charge in [0.25, 0.3) is 5.56 Å². The Bertz CT molecular complexity index is 1050. The van der Waals surface area contributed by atoms with Gasteiger partial charge in [-0.25, -0.2) is 4.98 Å². The Hall–Kier alpha value is -2.67. The first-order chi connectivity index (χ1) is 13.0. The van der Waals surface area contributed by atoms with Crippen LogP contribution < -0.4 is 10.3 Å². The van der Waals surface area contributed by atoms with Crippen LogP contribution in [0, 0.1) is 0 Å². The van der Waals surface area contributed by atoms with Gasteiger partial charge in [0.2, 0.25) is 0 Å². The topological polar surface area (TPSA) is 70.4 Å². The molecule has 0 saturated heterocycles. The fourth-order valence-corrected chi connectivity index (χ4v) is 3.33. The first-order valence-corrected chi connectivity index (χ1v) is 9.21. The third-order valence-corrected chi connectivity index (χ3v) is 4.86. The number of carbonyl (C=O) groups excluding carboxylic acids is 1. The number of halogens is 1. The largest absolute Gasteiger partial charge is 0.496 e. The number of esters is 1. The predicted octanol–water partition coefficient (Wildman–Crippen LogP) is 3.38. The van der Waals surface area contributed by atoms with Gasteiger partial charge in [-0.1, -0.05) is 18.2 Å². The number of fused-ring (bicyclic) bond motifs is 1. The lowest BCUT2D eigenvalue weighted by Gasteiger charge is -2.10. The van der Waals surface area contributed by atoms with E-state index in [-0.39, 0.29) is 24.6 Å². The van der Waals surface area contributed by atoms with E-state index in [1.54, 1.807) is 32.4 Å². The molecular weight excluding hydrogens is 412 g/mol. The minimum Gasteiger partial charge on any atom is -0.496 e. The Morgan fingerprint density at radius 1 is 1.22 bits per heavy atom. The van der Waals surface area contributed by atoms with Crippen LogP contribution in [0.2, 0.25) is 0 Å². The van der Waals surface area contributed by atoms with E-state index >= 15 is 0 Å². The van der Waals surface area contributed by atoms with Crippen LogP contribution in [0.25, 0.3) is 10.9 Å². The van der Waals surface area contributed by atoms with E-state index in [0.717, 1.165) is 10.0 Å². The van der Waals surface area contributed by atoms with Gasteiger partial charge in [0.1, 0.15) is 18.2 Å². The van der Waals surface area contributed by atoms with E-state index in [4.69, 9.17) is 9.47 Å². The number of hydrogen-bond donors (Lipinski definition) is 0. The first kappa shape index (κ1) is 19.1. The van der Waals surface area contributed by atoms with E-state index < -0.39 is 0 Å². The van der Waals surface area contributed by atoms with Crippen molar-refractivity contribution in [2.75, 3.05) is 7.11 Å². The second-order valence-electron chi connectivity index (χ2n) is 6.04. The summed E-state index contributed by atoms with van der Waals surface area (Å²) in [6.07, 6.45) is 0.484. The van der Waals surface area contributed by atoms with Crippen molar-refractivity contribution in [3.63, 3.8) is 0 Å². The Balaban J connectivity index is 1.62. The van der Waals surface area contributed by atoms with Crippen molar-refractivity contribution >= 4 is 32.8 Å². The molecule has 27 heavy (non-hydrogen) atoms. The Kier molecular flexibility index (Phi) is 5.91. The molecule has 1 heterocycles. The number of methoxy groups -OCH3 is 1. The molecule has 0 amide bonds. The highest BCUT2D eigenvalue weighted by atomic mass is 79.9. The van der Waals surface area contributed by atoms with Crippen molar-refractivity contribution in [1.29, 1.82) is 0 Å². The lowest BCUT2D eigenvalue weighted by atomic mass is 10.2. The van der Waals surface area contributed by atoms with Gasteiger partial charge in [-0.2, -0.15) is 0 Å². The smallest absolute Gasteiger partial charge is 0.306 e. The van der Waals surface area contributed by atoms with Gasteiger partial charge >= 0.3 is 5.97 Å². The van der Waals surface area contributed by atoms with Gasteiger partial charge in [0, 0.05) is 13.5 Å². The van der Waals surface area contributed by atoms with E-state index in [1.165, 1.54) is 4.57 Å². The van der Waals surface area contributed by atoms with Crippen molar-refractivity contribution in [2.45, 2.75) is 19.4 Å². The lowest BCUT2D eigenvalue weighted by molar-refractivity contribution is -0.144. The fourth-order valence-electron chi connectivity index (χ4n) is 2.74. The average molecular weight is 431 g/mol. The molecule has 140 valence electrons. The molecule has 0 fully saturated rings.